The molecule has 0 unspecified atom stereocenters. The Labute approximate surface area is 152 Å². The third-order valence-corrected chi connectivity index (χ3v) is 3.93. The summed E-state index contributed by atoms with van der Waals surface area (Å²) in [6.45, 7) is 3.72. The maximum atomic E-state index is 12.2. The van der Waals surface area contributed by atoms with Crippen LogP contribution in [0.4, 0.5) is 11.6 Å². The van der Waals surface area contributed by atoms with Gasteiger partial charge in [0.05, 0.1) is 11.1 Å². The van der Waals surface area contributed by atoms with E-state index in [0.717, 1.165) is 0 Å². The summed E-state index contributed by atoms with van der Waals surface area (Å²) in [5, 5.41) is 14.9. The molecule has 3 rings (SSSR count). The molecule has 2 heterocycles. The third-order valence-electron chi connectivity index (χ3n) is 3.93. The van der Waals surface area contributed by atoms with Gasteiger partial charge in [0.25, 0.3) is 11.2 Å². The molecule has 1 aromatic carbocycles. The predicted molar refractivity (Wildman–Crippen MR) is 100 cm³/mol. The maximum Gasteiger partial charge on any atom is 0.329 e. The molecule has 0 saturated carbocycles. The molecule has 0 spiro atoms. The lowest BCUT2D eigenvalue weighted by molar-refractivity contribution is -0.384. The van der Waals surface area contributed by atoms with Crippen LogP contribution in [0.1, 0.15) is 25.5 Å². The van der Waals surface area contributed by atoms with E-state index in [4.69, 9.17) is 0 Å². The number of aromatic amines is 1. The zero-order valence-electron chi connectivity index (χ0n) is 14.8. The Kier molecular flexibility index (Phi) is 4.59. The number of nitro benzene ring substituents is 1. The van der Waals surface area contributed by atoms with E-state index < -0.39 is 16.2 Å². The average Bonchev–Trinajstić information content (AvgIpc) is 3.00. The minimum atomic E-state index is -0.562. The molecule has 0 saturated heterocycles. The summed E-state index contributed by atoms with van der Waals surface area (Å²) in [5.74, 6) is 0.272. The number of hydrogen-bond acceptors (Lipinski definition) is 7. The minimum Gasteiger partial charge on any atom is -0.300 e. The lowest BCUT2D eigenvalue weighted by atomic mass is 10.2. The highest BCUT2D eigenvalue weighted by Gasteiger charge is 2.18. The van der Waals surface area contributed by atoms with E-state index in [1.807, 2.05) is 13.8 Å². The molecule has 27 heavy (non-hydrogen) atoms. The number of nitro groups is 1. The van der Waals surface area contributed by atoms with Gasteiger partial charge in [-0.15, -0.1) is 0 Å². The molecule has 2 aromatic heterocycles. The number of non-ortho nitro benzene ring substituents is 1. The van der Waals surface area contributed by atoms with Crippen molar-refractivity contribution in [2.75, 3.05) is 5.43 Å². The number of imidazole rings is 1. The van der Waals surface area contributed by atoms with Crippen LogP contribution in [0.25, 0.3) is 11.2 Å². The second kappa shape index (κ2) is 6.86. The molecule has 0 fully saturated rings. The molecular weight excluding hydrogens is 354 g/mol. The molecule has 0 radical (unpaired) electrons. The van der Waals surface area contributed by atoms with Crippen molar-refractivity contribution in [2.45, 2.75) is 19.9 Å². The molecule has 0 aliphatic carbocycles. The van der Waals surface area contributed by atoms with Gasteiger partial charge in [-0.1, -0.05) is 12.1 Å². The number of hydrazone groups is 1. The van der Waals surface area contributed by atoms with Crippen molar-refractivity contribution in [1.82, 2.24) is 19.1 Å². The van der Waals surface area contributed by atoms with E-state index in [1.54, 1.807) is 16.7 Å². The molecule has 0 atom stereocenters. The largest absolute Gasteiger partial charge is 0.329 e. The minimum absolute atomic E-state index is 0.0464. The van der Waals surface area contributed by atoms with Crippen LogP contribution < -0.4 is 16.7 Å². The van der Waals surface area contributed by atoms with E-state index in [2.05, 4.69) is 20.5 Å². The summed E-state index contributed by atoms with van der Waals surface area (Å²) < 4.78 is 2.86. The van der Waals surface area contributed by atoms with Gasteiger partial charge >= 0.3 is 5.69 Å². The Balaban J connectivity index is 2.01. The molecule has 140 valence electrons. The first kappa shape index (κ1) is 18.0. The van der Waals surface area contributed by atoms with Crippen molar-refractivity contribution in [1.29, 1.82) is 0 Å². The highest BCUT2D eigenvalue weighted by Crippen LogP contribution is 2.20. The van der Waals surface area contributed by atoms with Gasteiger partial charge in [-0.05, 0) is 13.8 Å². The van der Waals surface area contributed by atoms with E-state index in [0.29, 0.717) is 5.56 Å². The number of rotatable bonds is 5. The monoisotopic (exact) mass is 371 g/mol. The number of nitrogens with zero attached hydrogens (tertiary/aromatic N) is 5. The molecule has 0 amide bonds. The van der Waals surface area contributed by atoms with Gasteiger partial charge < -0.3 is 4.57 Å². The molecule has 0 aliphatic rings. The number of nitrogens with one attached hydrogen (secondary N) is 2. The summed E-state index contributed by atoms with van der Waals surface area (Å²) >= 11 is 0. The maximum absolute atomic E-state index is 12.2. The topological polar surface area (TPSA) is 140 Å². The molecule has 11 heteroatoms. The van der Waals surface area contributed by atoms with Crippen LogP contribution in [0, 0.1) is 10.1 Å². The van der Waals surface area contributed by atoms with Crippen LogP contribution in [-0.4, -0.2) is 30.2 Å². The van der Waals surface area contributed by atoms with Crippen molar-refractivity contribution in [2.24, 2.45) is 12.1 Å². The Hall–Kier alpha value is -3.76. The Morgan fingerprint density at radius 2 is 2.11 bits per heavy atom. The molecule has 2 N–H and O–H groups in total. The molecular formula is C16H17N7O4. The summed E-state index contributed by atoms with van der Waals surface area (Å²) in [4.78, 5) is 40.9. The van der Waals surface area contributed by atoms with Crippen molar-refractivity contribution in [3.63, 3.8) is 0 Å². The standard InChI is InChI=1S/C16H17N7O4/c1-9(2)22-12-13(21(3)16(25)19-14(12)24)18-15(22)20-17-8-10-5-4-6-11(7-10)23(26)27/h4-9H,1-3H3,(H,18,20)(H,19,24,25)/b17-8-. The second-order valence-corrected chi connectivity index (χ2v) is 6.11. The Morgan fingerprint density at radius 3 is 2.78 bits per heavy atom. The van der Waals surface area contributed by atoms with Crippen molar-refractivity contribution in [3.8, 4) is 0 Å². The van der Waals surface area contributed by atoms with E-state index in [-0.39, 0.29) is 28.8 Å². The van der Waals surface area contributed by atoms with Crippen molar-refractivity contribution < 1.29 is 4.92 Å². The summed E-state index contributed by atoms with van der Waals surface area (Å²) in [6.07, 6.45) is 1.40. The van der Waals surface area contributed by atoms with E-state index >= 15 is 0 Å². The first-order valence-corrected chi connectivity index (χ1v) is 8.04. The summed E-state index contributed by atoms with van der Waals surface area (Å²) in [7, 11) is 1.51. The quantitative estimate of drug-likeness (QED) is 0.394. The lowest BCUT2D eigenvalue weighted by Gasteiger charge is -2.11. The zero-order chi connectivity index (χ0) is 19.7. The number of fused-ring (bicyclic) bond motifs is 1. The van der Waals surface area contributed by atoms with Gasteiger partial charge in [-0.25, -0.2) is 10.2 Å². The number of aryl methyl sites for hydroxylation is 1. The SMILES string of the molecule is CC(C)n1c(N/N=C\c2cccc([N+](=O)[O-])c2)nc2c1c(=O)[nH]c(=O)n2C. The highest BCUT2D eigenvalue weighted by atomic mass is 16.6. The smallest absolute Gasteiger partial charge is 0.300 e. The number of anilines is 1. The fourth-order valence-corrected chi connectivity index (χ4v) is 2.67. The normalized spacial score (nSPS) is 11.6. The van der Waals surface area contributed by atoms with Crippen LogP contribution in [0.5, 0.6) is 0 Å². The highest BCUT2D eigenvalue weighted by molar-refractivity contribution is 5.81. The Morgan fingerprint density at radius 1 is 1.37 bits per heavy atom. The first-order chi connectivity index (χ1) is 12.8. The predicted octanol–water partition coefficient (Wildman–Crippen LogP) is 1.36. The van der Waals surface area contributed by atoms with Gasteiger partial charge in [0.2, 0.25) is 5.95 Å². The van der Waals surface area contributed by atoms with Crippen LogP contribution in [-0.2, 0) is 7.05 Å². The Bertz CT molecular complexity index is 1170. The summed E-state index contributed by atoms with van der Waals surface area (Å²) in [5.41, 5.74) is 2.59. The van der Waals surface area contributed by atoms with E-state index in [1.165, 1.54) is 30.0 Å². The van der Waals surface area contributed by atoms with Crippen molar-refractivity contribution >= 4 is 29.0 Å². The molecule has 0 bridgehead atoms. The summed E-state index contributed by atoms with van der Waals surface area (Å²) in [6, 6.07) is 5.85. The molecule has 0 aliphatic heterocycles. The van der Waals surface area contributed by atoms with Crippen LogP contribution in [0.15, 0.2) is 39.0 Å². The zero-order valence-corrected chi connectivity index (χ0v) is 14.8. The molecule has 3 aromatic rings. The number of hydrogen-bond donors (Lipinski definition) is 2. The number of benzene rings is 1. The lowest BCUT2D eigenvalue weighted by Crippen LogP contribution is -2.29. The fraction of sp³-hybridized carbons (Fsp3) is 0.250. The van der Waals surface area contributed by atoms with Crippen molar-refractivity contribution in [3.05, 3.63) is 60.8 Å². The van der Waals surface area contributed by atoms with Gasteiger partial charge in [-0.3, -0.25) is 24.5 Å². The van der Waals surface area contributed by atoms with E-state index in [9.17, 15) is 19.7 Å². The average molecular weight is 371 g/mol. The third kappa shape index (κ3) is 3.34. The number of H-pyrrole nitrogens is 1. The first-order valence-electron chi connectivity index (χ1n) is 8.04. The van der Waals surface area contributed by atoms with Crippen LogP contribution in [0.2, 0.25) is 0 Å². The van der Waals surface area contributed by atoms with Crippen LogP contribution in [0.3, 0.4) is 0 Å². The van der Waals surface area contributed by atoms with Gasteiger partial charge in [0, 0.05) is 30.8 Å². The van der Waals surface area contributed by atoms with Gasteiger partial charge in [0.1, 0.15) is 0 Å². The number of aromatic nitrogens is 4. The van der Waals surface area contributed by atoms with Gasteiger partial charge in [-0.2, -0.15) is 10.1 Å². The second-order valence-electron chi connectivity index (χ2n) is 6.11. The van der Waals surface area contributed by atoms with Gasteiger partial charge in [0.15, 0.2) is 11.2 Å². The fourth-order valence-electron chi connectivity index (χ4n) is 2.67. The molecule has 11 nitrogen and oxygen atoms in total. The van der Waals surface area contributed by atoms with Crippen LogP contribution >= 0.6 is 0 Å².